The van der Waals surface area contributed by atoms with Crippen molar-refractivity contribution in [2.24, 2.45) is 0 Å². The van der Waals surface area contributed by atoms with Crippen LogP contribution in [0.1, 0.15) is 12.6 Å². The first kappa shape index (κ1) is 20.4. The van der Waals surface area contributed by atoms with Crippen LogP contribution < -0.4 is 10.3 Å². The highest BCUT2D eigenvalue weighted by molar-refractivity contribution is 7.98. The Bertz CT molecular complexity index is 1410. The fraction of sp³-hybridized carbons (Fsp3) is 0.136. The zero-order valence-corrected chi connectivity index (χ0v) is 18.7. The van der Waals surface area contributed by atoms with E-state index in [4.69, 9.17) is 4.74 Å². The molecule has 5 aromatic rings. The van der Waals surface area contributed by atoms with Crippen molar-refractivity contribution >= 4 is 28.1 Å². The van der Waals surface area contributed by atoms with E-state index in [0.29, 0.717) is 34.0 Å². The van der Waals surface area contributed by atoms with Crippen molar-refractivity contribution in [1.82, 2.24) is 29.1 Å². The molecular formula is C22H18N6O2S2. The van der Waals surface area contributed by atoms with Gasteiger partial charge in [-0.1, -0.05) is 11.8 Å². The minimum atomic E-state index is -0.0871. The third-order valence-corrected chi connectivity index (χ3v) is 6.38. The second-order valence-electron chi connectivity index (χ2n) is 6.74. The van der Waals surface area contributed by atoms with Gasteiger partial charge in [-0.15, -0.1) is 21.5 Å². The fourth-order valence-corrected chi connectivity index (χ4v) is 4.82. The second-order valence-corrected chi connectivity index (χ2v) is 8.56. The molecule has 0 saturated heterocycles. The maximum Gasteiger partial charge on any atom is 0.258 e. The van der Waals surface area contributed by atoms with E-state index in [0.717, 1.165) is 17.0 Å². The molecule has 0 bridgehead atoms. The Kier molecular flexibility index (Phi) is 5.70. The SMILES string of the molecule is CCOc1ccc(-n2c(SCc3cc(=O)n4ccsc4n3)nnc2-c2cccnc2)cc1. The summed E-state index contributed by atoms with van der Waals surface area (Å²) in [4.78, 5) is 21.8. The predicted molar refractivity (Wildman–Crippen MR) is 125 cm³/mol. The number of nitrogens with zero attached hydrogens (tertiary/aromatic N) is 6. The Labute approximate surface area is 191 Å². The number of thioether (sulfide) groups is 1. The third-order valence-electron chi connectivity index (χ3n) is 4.66. The Morgan fingerprint density at radius 3 is 2.81 bits per heavy atom. The largest absolute Gasteiger partial charge is 0.494 e. The lowest BCUT2D eigenvalue weighted by Crippen LogP contribution is -2.12. The van der Waals surface area contributed by atoms with Gasteiger partial charge in [0.05, 0.1) is 12.3 Å². The predicted octanol–water partition coefficient (Wildman–Crippen LogP) is 4.09. The molecule has 0 radical (unpaired) electrons. The van der Waals surface area contributed by atoms with Crippen LogP contribution in [0, 0.1) is 0 Å². The molecule has 0 atom stereocenters. The summed E-state index contributed by atoms with van der Waals surface area (Å²) >= 11 is 2.91. The Morgan fingerprint density at radius 2 is 2.03 bits per heavy atom. The molecule has 0 amide bonds. The number of hydrogen-bond donors (Lipinski definition) is 0. The van der Waals surface area contributed by atoms with E-state index in [-0.39, 0.29) is 5.56 Å². The molecule has 0 saturated carbocycles. The smallest absolute Gasteiger partial charge is 0.258 e. The summed E-state index contributed by atoms with van der Waals surface area (Å²) in [5.74, 6) is 1.98. The Balaban J connectivity index is 1.51. The monoisotopic (exact) mass is 462 g/mol. The van der Waals surface area contributed by atoms with Gasteiger partial charge in [0, 0.05) is 47.0 Å². The van der Waals surface area contributed by atoms with Crippen molar-refractivity contribution in [2.45, 2.75) is 17.8 Å². The standard InChI is InChI=1S/C22H18N6O2S2/c1-2-30-18-7-5-17(6-8-18)28-20(15-4-3-9-23-13-15)25-26-22(28)32-14-16-12-19(29)27-10-11-31-21(27)24-16/h3-13H,2,14H2,1H3. The molecule has 0 unspecified atom stereocenters. The molecule has 160 valence electrons. The van der Waals surface area contributed by atoms with E-state index in [1.54, 1.807) is 29.1 Å². The first-order valence-electron chi connectivity index (χ1n) is 9.90. The van der Waals surface area contributed by atoms with Crippen molar-refractivity contribution < 1.29 is 4.74 Å². The Hall–Kier alpha value is -3.50. The summed E-state index contributed by atoms with van der Waals surface area (Å²) in [6.45, 7) is 2.56. The summed E-state index contributed by atoms with van der Waals surface area (Å²) < 4.78 is 9.10. The van der Waals surface area contributed by atoms with Crippen LogP contribution in [0.25, 0.3) is 22.0 Å². The number of pyridine rings is 1. The maximum absolute atomic E-state index is 12.3. The van der Waals surface area contributed by atoms with Crippen molar-refractivity contribution in [1.29, 1.82) is 0 Å². The van der Waals surface area contributed by atoms with Crippen LogP contribution in [0.2, 0.25) is 0 Å². The molecule has 0 aliphatic heterocycles. The number of hydrogen-bond acceptors (Lipinski definition) is 8. The summed E-state index contributed by atoms with van der Waals surface area (Å²) in [6.07, 6.45) is 5.22. The third kappa shape index (κ3) is 4.02. The number of rotatable bonds is 7. The molecule has 32 heavy (non-hydrogen) atoms. The van der Waals surface area contributed by atoms with Crippen LogP contribution >= 0.6 is 23.1 Å². The lowest BCUT2D eigenvalue weighted by atomic mass is 10.2. The van der Waals surface area contributed by atoms with Gasteiger partial charge in [0.25, 0.3) is 5.56 Å². The van der Waals surface area contributed by atoms with Gasteiger partial charge in [-0.05, 0) is 43.3 Å². The highest BCUT2D eigenvalue weighted by Crippen LogP contribution is 2.30. The van der Waals surface area contributed by atoms with Gasteiger partial charge in [0.1, 0.15) is 5.75 Å². The quantitative estimate of drug-likeness (QED) is 0.337. The van der Waals surface area contributed by atoms with Crippen molar-refractivity contribution in [3.63, 3.8) is 0 Å². The van der Waals surface area contributed by atoms with Gasteiger partial charge in [-0.3, -0.25) is 18.7 Å². The summed E-state index contributed by atoms with van der Waals surface area (Å²) in [5, 5.41) is 11.4. The summed E-state index contributed by atoms with van der Waals surface area (Å²) in [7, 11) is 0. The molecule has 0 fully saturated rings. The van der Waals surface area contributed by atoms with Crippen LogP contribution in [0.5, 0.6) is 5.75 Å². The molecule has 4 heterocycles. The molecule has 5 rings (SSSR count). The normalized spacial score (nSPS) is 11.2. The molecule has 0 spiro atoms. The lowest BCUT2D eigenvalue weighted by molar-refractivity contribution is 0.340. The molecule has 10 heteroatoms. The minimum Gasteiger partial charge on any atom is -0.494 e. The van der Waals surface area contributed by atoms with E-state index in [9.17, 15) is 4.79 Å². The molecule has 4 aromatic heterocycles. The Morgan fingerprint density at radius 1 is 1.16 bits per heavy atom. The van der Waals surface area contributed by atoms with E-state index < -0.39 is 0 Å². The topological polar surface area (TPSA) is 87.2 Å². The van der Waals surface area contributed by atoms with Crippen molar-refractivity contribution in [2.75, 3.05) is 6.61 Å². The molecule has 8 nitrogen and oxygen atoms in total. The van der Waals surface area contributed by atoms with Gasteiger partial charge in [-0.2, -0.15) is 0 Å². The highest BCUT2D eigenvalue weighted by Gasteiger charge is 2.17. The zero-order chi connectivity index (χ0) is 21.9. The minimum absolute atomic E-state index is 0.0871. The van der Waals surface area contributed by atoms with Crippen LogP contribution in [0.4, 0.5) is 0 Å². The summed E-state index contributed by atoms with van der Waals surface area (Å²) in [6, 6.07) is 13.2. The summed E-state index contributed by atoms with van der Waals surface area (Å²) in [5.41, 5.74) is 2.38. The van der Waals surface area contributed by atoms with Crippen LogP contribution in [-0.4, -0.2) is 35.7 Å². The fourth-order valence-electron chi connectivity index (χ4n) is 3.24. The average Bonchev–Trinajstić information content (AvgIpc) is 3.46. The van der Waals surface area contributed by atoms with E-state index in [1.807, 2.05) is 53.3 Å². The molecule has 0 N–H and O–H groups in total. The number of aromatic nitrogens is 6. The van der Waals surface area contributed by atoms with Gasteiger partial charge in [-0.25, -0.2) is 4.98 Å². The molecule has 0 aliphatic rings. The maximum atomic E-state index is 12.3. The molecule has 1 aromatic carbocycles. The zero-order valence-electron chi connectivity index (χ0n) is 17.1. The van der Waals surface area contributed by atoms with Crippen LogP contribution in [0.3, 0.4) is 0 Å². The first-order chi connectivity index (χ1) is 15.7. The second kappa shape index (κ2) is 8.93. The van der Waals surface area contributed by atoms with Gasteiger partial charge in [0.15, 0.2) is 15.9 Å². The van der Waals surface area contributed by atoms with Gasteiger partial charge < -0.3 is 4.74 Å². The molecule has 0 aliphatic carbocycles. The number of benzene rings is 1. The number of thiazole rings is 1. The van der Waals surface area contributed by atoms with Crippen molar-refractivity contribution in [3.8, 4) is 22.8 Å². The van der Waals surface area contributed by atoms with E-state index >= 15 is 0 Å². The van der Waals surface area contributed by atoms with Gasteiger partial charge >= 0.3 is 0 Å². The first-order valence-corrected chi connectivity index (χ1v) is 11.8. The van der Waals surface area contributed by atoms with Crippen molar-refractivity contribution in [3.05, 3.63) is 82.5 Å². The average molecular weight is 463 g/mol. The highest BCUT2D eigenvalue weighted by atomic mass is 32.2. The van der Waals surface area contributed by atoms with Crippen LogP contribution in [0.15, 0.2) is 76.4 Å². The van der Waals surface area contributed by atoms with E-state index in [2.05, 4.69) is 20.2 Å². The molecular weight excluding hydrogens is 444 g/mol. The van der Waals surface area contributed by atoms with Gasteiger partial charge in [0.2, 0.25) is 0 Å². The van der Waals surface area contributed by atoms with E-state index in [1.165, 1.54) is 23.1 Å². The van der Waals surface area contributed by atoms with Crippen LogP contribution in [-0.2, 0) is 5.75 Å². The lowest BCUT2D eigenvalue weighted by Gasteiger charge is -2.11. The number of ether oxygens (including phenoxy) is 1. The number of fused-ring (bicyclic) bond motifs is 1.